The van der Waals surface area contributed by atoms with Gasteiger partial charge in [0.15, 0.2) is 0 Å². The predicted molar refractivity (Wildman–Crippen MR) is 119 cm³/mol. The van der Waals surface area contributed by atoms with Crippen LogP contribution >= 0.6 is 11.7 Å². The fraction of sp³-hybridized carbons (Fsp3) is 0.545. The van der Waals surface area contributed by atoms with Gasteiger partial charge in [0, 0.05) is 0 Å². The zero-order valence-electron chi connectivity index (χ0n) is 18.0. The molecule has 2 aromatic rings. The number of hydrogen-bond acceptors (Lipinski definition) is 13. The molecule has 2 fully saturated rings. The van der Waals surface area contributed by atoms with E-state index in [1.807, 2.05) is 0 Å². The molecule has 4 rings (SSSR count). The van der Waals surface area contributed by atoms with Crippen molar-refractivity contribution in [3.63, 3.8) is 0 Å². The summed E-state index contributed by atoms with van der Waals surface area (Å²) >= 11 is 0.906. The van der Waals surface area contributed by atoms with Crippen molar-refractivity contribution in [2.75, 3.05) is 13.2 Å². The number of nitrogens with zero attached hydrogens (tertiary/aromatic N) is 2. The second-order valence-corrected chi connectivity index (χ2v) is 8.69. The van der Waals surface area contributed by atoms with Crippen LogP contribution in [-0.4, -0.2) is 124 Å². The second kappa shape index (κ2) is 10.8. The van der Waals surface area contributed by atoms with Crippen LogP contribution in [-0.2, 0) is 9.47 Å². The van der Waals surface area contributed by atoms with Crippen molar-refractivity contribution < 1.29 is 50.3 Å². The highest BCUT2D eigenvalue weighted by atomic mass is 32.1. The zero-order valence-corrected chi connectivity index (χ0v) is 18.9. The lowest BCUT2D eigenvalue weighted by Gasteiger charge is -2.37. The molecule has 0 saturated carbocycles. The van der Waals surface area contributed by atoms with E-state index in [1.165, 1.54) is 0 Å². The quantitative estimate of drug-likeness (QED) is 0.183. The van der Waals surface area contributed by atoms with Crippen LogP contribution in [0, 0.1) is 23.7 Å². The normalized spacial score (nSPS) is 37.3. The summed E-state index contributed by atoms with van der Waals surface area (Å²) in [4.78, 5) is 0. The molecule has 0 aliphatic carbocycles. The summed E-state index contributed by atoms with van der Waals surface area (Å²) in [5.74, 6) is 11.0. The lowest BCUT2D eigenvalue weighted by atomic mass is 9.95. The van der Waals surface area contributed by atoms with Gasteiger partial charge in [0.1, 0.15) is 72.1 Å². The minimum Gasteiger partial charge on any atom is -0.394 e. The number of rotatable bonds is 2. The van der Waals surface area contributed by atoms with Crippen molar-refractivity contribution in [2.24, 2.45) is 0 Å². The fourth-order valence-corrected chi connectivity index (χ4v) is 4.38. The molecule has 2 saturated heterocycles. The molecule has 8 N–H and O–H groups in total. The number of aliphatic hydroxyl groups is 8. The first kappa shape index (κ1) is 25.8. The maximum atomic E-state index is 10.2. The highest BCUT2D eigenvalue weighted by molar-refractivity contribution is 7.00. The maximum absolute atomic E-state index is 10.2. The van der Waals surface area contributed by atoms with Crippen LogP contribution in [0.2, 0.25) is 0 Å². The fourth-order valence-electron chi connectivity index (χ4n) is 3.81. The van der Waals surface area contributed by atoms with E-state index >= 15 is 0 Å². The SMILES string of the molecule is OC[C@H]1O[C@H](C#Cc2ccc(C#C[C@H]3O[C@H](CO)[C@@H](O)[C@H](O)[C@@H]3O)c3nsnc23)[C@@H](O)[C@@H](O)[C@@H]1O. The lowest BCUT2D eigenvalue weighted by Crippen LogP contribution is -2.58. The van der Waals surface area contributed by atoms with Crippen LogP contribution in [0.4, 0.5) is 0 Å². The van der Waals surface area contributed by atoms with Gasteiger partial charge in [0.25, 0.3) is 0 Å². The maximum Gasteiger partial charge on any atom is 0.147 e. The van der Waals surface area contributed by atoms with Crippen molar-refractivity contribution in [1.82, 2.24) is 8.75 Å². The Balaban J connectivity index is 1.59. The Morgan fingerprint density at radius 3 is 1.43 bits per heavy atom. The Labute approximate surface area is 203 Å². The molecule has 10 atom stereocenters. The van der Waals surface area contributed by atoms with Crippen LogP contribution in [0.1, 0.15) is 11.1 Å². The largest absolute Gasteiger partial charge is 0.394 e. The van der Waals surface area contributed by atoms with E-state index in [9.17, 15) is 40.9 Å². The van der Waals surface area contributed by atoms with Crippen molar-refractivity contribution in [2.45, 2.75) is 61.0 Å². The van der Waals surface area contributed by atoms with Crippen LogP contribution in [0.3, 0.4) is 0 Å². The molecule has 13 heteroatoms. The van der Waals surface area contributed by atoms with Crippen molar-refractivity contribution in [3.05, 3.63) is 23.3 Å². The van der Waals surface area contributed by atoms with Crippen LogP contribution in [0.5, 0.6) is 0 Å². The third-order valence-electron chi connectivity index (χ3n) is 5.90. The molecule has 1 aromatic heterocycles. The third-order valence-corrected chi connectivity index (χ3v) is 6.43. The van der Waals surface area contributed by atoms with Gasteiger partial charge in [-0.2, -0.15) is 8.75 Å². The minimum absolute atomic E-state index is 0.396. The van der Waals surface area contributed by atoms with E-state index in [0.29, 0.717) is 22.2 Å². The van der Waals surface area contributed by atoms with E-state index in [-0.39, 0.29) is 0 Å². The van der Waals surface area contributed by atoms with Crippen molar-refractivity contribution >= 4 is 22.8 Å². The molecule has 0 radical (unpaired) electrons. The molecule has 35 heavy (non-hydrogen) atoms. The first-order valence-electron chi connectivity index (χ1n) is 10.7. The molecule has 1 aromatic carbocycles. The summed E-state index contributed by atoms with van der Waals surface area (Å²) in [6, 6.07) is 3.19. The summed E-state index contributed by atoms with van der Waals surface area (Å²) < 4.78 is 19.2. The molecule has 0 unspecified atom stereocenters. The monoisotopic (exact) mass is 508 g/mol. The van der Waals surface area contributed by atoms with Gasteiger partial charge < -0.3 is 50.3 Å². The second-order valence-electron chi connectivity index (χ2n) is 8.16. The Bertz CT molecular complexity index is 1080. The third kappa shape index (κ3) is 5.03. The van der Waals surface area contributed by atoms with Gasteiger partial charge in [-0.05, 0) is 12.1 Å². The standard InChI is InChI=1S/C22H24N2O10S/c25-7-13-19(29)21(31)17(27)11(33-13)5-3-9-1-2-10(16-15(9)23-35-24-16)4-6-12-18(28)22(32)20(30)14(8-26)34-12/h1-2,11-14,17-22,25-32H,7-8H2/t11-,12-,13-,14-,17-,18-,19-,20-,21-,22-/m1/s1. The van der Waals surface area contributed by atoms with Crippen LogP contribution in [0.25, 0.3) is 11.0 Å². The summed E-state index contributed by atoms with van der Waals surface area (Å²) in [6.45, 7) is -1.13. The van der Waals surface area contributed by atoms with Crippen molar-refractivity contribution in [3.8, 4) is 23.7 Å². The van der Waals surface area contributed by atoms with Gasteiger partial charge in [-0.25, -0.2) is 0 Å². The molecule has 12 nitrogen and oxygen atoms in total. The minimum atomic E-state index is -1.54. The molecular formula is C22H24N2O10S. The van der Waals surface area contributed by atoms with Gasteiger partial charge >= 0.3 is 0 Å². The van der Waals surface area contributed by atoms with Gasteiger partial charge in [0.2, 0.25) is 0 Å². The van der Waals surface area contributed by atoms with Crippen molar-refractivity contribution in [1.29, 1.82) is 0 Å². The average Bonchev–Trinajstić information content (AvgIpc) is 3.36. The number of ether oxygens (including phenoxy) is 2. The van der Waals surface area contributed by atoms with E-state index < -0.39 is 74.3 Å². The Kier molecular flexibility index (Phi) is 7.97. The van der Waals surface area contributed by atoms with E-state index in [4.69, 9.17) is 9.47 Å². The zero-order chi connectivity index (χ0) is 25.3. The van der Waals surface area contributed by atoms with E-state index in [1.54, 1.807) is 12.1 Å². The van der Waals surface area contributed by atoms with E-state index in [2.05, 4.69) is 32.4 Å². The van der Waals surface area contributed by atoms with Gasteiger partial charge in [-0.15, -0.1) is 0 Å². The summed E-state index contributed by atoms with van der Waals surface area (Å²) in [5, 5.41) is 78.6. The van der Waals surface area contributed by atoms with Gasteiger partial charge in [-0.3, -0.25) is 0 Å². The number of aromatic nitrogens is 2. The first-order valence-corrected chi connectivity index (χ1v) is 11.4. The first-order chi connectivity index (χ1) is 16.8. The number of benzene rings is 1. The molecule has 0 amide bonds. The summed E-state index contributed by atoms with van der Waals surface area (Å²) in [6.07, 6.45) is -13.5. The Hall–Kier alpha value is -2.24. The summed E-state index contributed by atoms with van der Waals surface area (Å²) in [5.41, 5.74) is 1.63. The molecule has 0 spiro atoms. The summed E-state index contributed by atoms with van der Waals surface area (Å²) in [7, 11) is 0. The topological polar surface area (TPSA) is 206 Å². The van der Waals surface area contributed by atoms with Gasteiger partial charge in [-0.1, -0.05) is 23.7 Å². The lowest BCUT2D eigenvalue weighted by molar-refractivity contribution is -0.214. The van der Waals surface area contributed by atoms with Crippen LogP contribution in [0.15, 0.2) is 12.1 Å². The molecule has 0 bridgehead atoms. The molecule has 2 aliphatic heterocycles. The average molecular weight is 509 g/mol. The number of fused-ring (bicyclic) bond motifs is 1. The van der Waals surface area contributed by atoms with E-state index in [0.717, 1.165) is 11.7 Å². The van der Waals surface area contributed by atoms with Gasteiger partial charge in [0.05, 0.1) is 36.1 Å². The highest BCUT2D eigenvalue weighted by Crippen LogP contribution is 2.24. The highest BCUT2D eigenvalue weighted by Gasteiger charge is 2.43. The Morgan fingerprint density at radius 2 is 1.06 bits per heavy atom. The number of hydrogen-bond donors (Lipinski definition) is 8. The predicted octanol–water partition coefficient (Wildman–Crippen LogP) is -3.92. The Morgan fingerprint density at radius 1 is 0.657 bits per heavy atom. The molecule has 3 heterocycles. The molecule has 188 valence electrons. The smallest absolute Gasteiger partial charge is 0.147 e. The van der Waals surface area contributed by atoms with Crippen LogP contribution < -0.4 is 0 Å². The number of aliphatic hydroxyl groups excluding tert-OH is 8. The molecule has 2 aliphatic rings. The molecular weight excluding hydrogens is 484 g/mol.